The highest BCUT2D eigenvalue weighted by Crippen LogP contribution is 2.27. The van der Waals surface area contributed by atoms with Gasteiger partial charge in [0.15, 0.2) is 0 Å². The van der Waals surface area contributed by atoms with E-state index < -0.39 is 15.6 Å². The van der Waals surface area contributed by atoms with E-state index in [9.17, 15) is 13.5 Å². The first-order valence-corrected chi connectivity index (χ1v) is 7.72. The predicted octanol–water partition coefficient (Wildman–Crippen LogP) is 1.67. The van der Waals surface area contributed by atoms with Gasteiger partial charge >= 0.3 is 0 Å². The molecule has 0 bridgehead atoms. The Hall–Kier alpha value is -0.820. The number of hydrogen-bond donors (Lipinski definition) is 3. The van der Waals surface area contributed by atoms with E-state index in [0.717, 1.165) is 0 Å². The summed E-state index contributed by atoms with van der Waals surface area (Å²) < 4.78 is 27.2. The molecule has 0 spiro atoms. The number of nitrogens with two attached hydrogens (primary N) is 1. The molecule has 1 atom stereocenters. The van der Waals surface area contributed by atoms with Gasteiger partial charge in [0.2, 0.25) is 10.0 Å². The van der Waals surface area contributed by atoms with Crippen LogP contribution in [0.5, 0.6) is 0 Å². The fraction of sp³-hybridized carbons (Fsp3) is 0.500. The number of halogens is 1. The molecule has 1 unspecified atom stereocenters. The normalized spacial score (nSPS) is 15.2. The van der Waals surface area contributed by atoms with Crippen LogP contribution in [0.4, 0.5) is 5.69 Å². The molecule has 4 N–H and O–H groups in total. The van der Waals surface area contributed by atoms with Crippen molar-refractivity contribution in [2.24, 2.45) is 0 Å². The van der Waals surface area contributed by atoms with E-state index >= 15 is 0 Å². The molecule has 1 aromatic carbocycles. The zero-order chi connectivity index (χ0) is 14.8. The number of rotatable bonds is 5. The number of nitrogens with one attached hydrogen (secondary N) is 1. The van der Waals surface area contributed by atoms with Crippen molar-refractivity contribution < 1.29 is 13.5 Å². The van der Waals surface area contributed by atoms with Gasteiger partial charge in [0.1, 0.15) is 0 Å². The van der Waals surface area contributed by atoms with Gasteiger partial charge < -0.3 is 10.8 Å². The molecule has 0 aromatic heterocycles. The molecule has 0 saturated heterocycles. The second-order valence-corrected chi connectivity index (χ2v) is 6.88. The molecule has 0 heterocycles. The van der Waals surface area contributed by atoms with Gasteiger partial charge in [0.25, 0.3) is 0 Å². The molecule has 1 rings (SSSR count). The second kappa shape index (κ2) is 5.66. The Morgan fingerprint density at radius 3 is 2.53 bits per heavy atom. The van der Waals surface area contributed by atoms with Gasteiger partial charge in [-0.2, -0.15) is 0 Å². The summed E-state index contributed by atoms with van der Waals surface area (Å²) in [6.45, 7) is 4.74. The highest BCUT2D eigenvalue weighted by molar-refractivity contribution is 7.89. The van der Waals surface area contributed by atoms with Gasteiger partial charge in [0, 0.05) is 10.7 Å². The van der Waals surface area contributed by atoms with Crippen LogP contribution < -0.4 is 10.5 Å². The Morgan fingerprint density at radius 1 is 1.47 bits per heavy atom. The summed E-state index contributed by atoms with van der Waals surface area (Å²) in [5.74, 6) is 0. The minimum Gasteiger partial charge on any atom is -0.398 e. The molecule has 0 amide bonds. The van der Waals surface area contributed by atoms with Crippen LogP contribution in [-0.4, -0.2) is 25.7 Å². The van der Waals surface area contributed by atoms with Crippen molar-refractivity contribution in [1.29, 1.82) is 0 Å². The molecule has 0 aliphatic carbocycles. The number of nitrogen functional groups attached to an aromatic ring is 1. The average molecular weight is 307 g/mol. The highest BCUT2D eigenvalue weighted by atomic mass is 35.5. The highest BCUT2D eigenvalue weighted by Gasteiger charge is 2.29. The average Bonchev–Trinajstić information content (AvgIpc) is 2.32. The minimum absolute atomic E-state index is 0.0330. The molecule has 7 heteroatoms. The topological polar surface area (TPSA) is 92.4 Å². The van der Waals surface area contributed by atoms with Crippen LogP contribution in [0.2, 0.25) is 5.02 Å². The van der Waals surface area contributed by atoms with Gasteiger partial charge in [-0.05, 0) is 38.0 Å². The van der Waals surface area contributed by atoms with Crippen molar-refractivity contribution in [3.63, 3.8) is 0 Å². The lowest BCUT2D eigenvalue weighted by molar-refractivity contribution is 0.191. The van der Waals surface area contributed by atoms with Crippen LogP contribution in [-0.2, 0) is 10.0 Å². The first-order chi connectivity index (χ1) is 8.65. The summed E-state index contributed by atoms with van der Waals surface area (Å²) in [5.41, 5.74) is 5.56. The van der Waals surface area contributed by atoms with Crippen LogP contribution in [0.15, 0.2) is 17.0 Å². The van der Waals surface area contributed by atoms with E-state index in [2.05, 4.69) is 4.72 Å². The maximum absolute atomic E-state index is 12.4. The lowest BCUT2D eigenvalue weighted by Crippen LogP contribution is -2.48. The van der Waals surface area contributed by atoms with Crippen LogP contribution in [0.3, 0.4) is 0 Å². The molecule has 0 aliphatic rings. The third kappa shape index (κ3) is 3.60. The maximum Gasteiger partial charge on any atom is 0.241 e. The first-order valence-electron chi connectivity index (χ1n) is 5.85. The second-order valence-electron chi connectivity index (χ2n) is 4.80. The summed E-state index contributed by atoms with van der Waals surface area (Å²) in [6.07, 6.45) is 0.456. The standard InChI is InChI=1S/C12H19ClN2O3S/c1-4-12(3,7-16)15-19(17,18)11-6-9(13)5-10(14)8(11)2/h5-6,15-16H,4,7,14H2,1-3H3. The summed E-state index contributed by atoms with van der Waals surface area (Å²) in [7, 11) is -3.79. The van der Waals surface area contributed by atoms with Gasteiger partial charge in [-0.15, -0.1) is 0 Å². The van der Waals surface area contributed by atoms with E-state index in [-0.39, 0.29) is 16.5 Å². The van der Waals surface area contributed by atoms with Gasteiger partial charge in [-0.3, -0.25) is 0 Å². The smallest absolute Gasteiger partial charge is 0.241 e. The Bertz CT molecular complexity index is 569. The predicted molar refractivity (Wildman–Crippen MR) is 76.7 cm³/mol. The SMILES string of the molecule is CCC(C)(CO)NS(=O)(=O)c1cc(Cl)cc(N)c1C. The van der Waals surface area contributed by atoms with Crippen LogP contribution in [0, 0.1) is 6.92 Å². The monoisotopic (exact) mass is 306 g/mol. The number of anilines is 1. The van der Waals surface area contributed by atoms with Crippen LogP contribution in [0.1, 0.15) is 25.8 Å². The molecule has 0 fully saturated rings. The van der Waals surface area contributed by atoms with Gasteiger partial charge in [-0.25, -0.2) is 13.1 Å². The van der Waals surface area contributed by atoms with Crippen molar-refractivity contribution in [3.05, 3.63) is 22.7 Å². The van der Waals surface area contributed by atoms with Gasteiger partial charge in [0.05, 0.1) is 17.0 Å². The minimum atomic E-state index is -3.79. The number of aliphatic hydroxyl groups is 1. The molecule has 1 aromatic rings. The van der Waals surface area contributed by atoms with Crippen molar-refractivity contribution in [3.8, 4) is 0 Å². The Labute approximate surface area is 118 Å². The van der Waals surface area contributed by atoms with Gasteiger partial charge in [-0.1, -0.05) is 18.5 Å². The molecule has 0 radical (unpaired) electrons. The molecule has 0 saturated carbocycles. The van der Waals surface area contributed by atoms with Crippen molar-refractivity contribution in [1.82, 2.24) is 4.72 Å². The Morgan fingerprint density at radius 2 is 2.05 bits per heavy atom. The Kier molecular flexibility index (Phi) is 4.84. The quantitative estimate of drug-likeness (QED) is 0.721. The number of aliphatic hydroxyl groups excluding tert-OH is 1. The summed E-state index contributed by atoms with van der Waals surface area (Å²) in [6, 6.07) is 2.85. The third-order valence-electron chi connectivity index (χ3n) is 3.16. The number of hydrogen-bond acceptors (Lipinski definition) is 4. The van der Waals surface area contributed by atoms with E-state index in [1.165, 1.54) is 12.1 Å². The summed E-state index contributed by atoms with van der Waals surface area (Å²) in [4.78, 5) is 0.0330. The summed E-state index contributed by atoms with van der Waals surface area (Å²) in [5, 5.41) is 9.55. The lowest BCUT2D eigenvalue weighted by atomic mass is 10.0. The van der Waals surface area contributed by atoms with Crippen molar-refractivity contribution in [2.45, 2.75) is 37.6 Å². The number of benzene rings is 1. The third-order valence-corrected chi connectivity index (χ3v) is 5.15. The van der Waals surface area contributed by atoms with Crippen molar-refractivity contribution in [2.75, 3.05) is 12.3 Å². The zero-order valence-electron chi connectivity index (χ0n) is 11.2. The summed E-state index contributed by atoms with van der Waals surface area (Å²) >= 11 is 5.85. The van der Waals surface area contributed by atoms with E-state index in [1.54, 1.807) is 20.8 Å². The molecular weight excluding hydrogens is 288 g/mol. The first kappa shape index (κ1) is 16.2. The molecule has 108 valence electrons. The van der Waals surface area contributed by atoms with E-state index in [1.807, 2.05) is 0 Å². The van der Waals surface area contributed by atoms with Crippen LogP contribution in [0.25, 0.3) is 0 Å². The fourth-order valence-electron chi connectivity index (χ4n) is 1.55. The van der Waals surface area contributed by atoms with Crippen molar-refractivity contribution >= 4 is 27.3 Å². The lowest BCUT2D eigenvalue weighted by Gasteiger charge is -2.27. The van der Waals surface area contributed by atoms with E-state index in [4.69, 9.17) is 17.3 Å². The Balaban J connectivity index is 3.29. The fourth-order valence-corrected chi connectivity index (χ4v) is 3.61. The zero-order valence-corrected chi connectivity index (χ0v) is 12.8. The van der Waals surface area contributed by atoms with Crippen LogP contribution >= 0.6 is 11.6 Å². The van der Waals surface area contributed by atoms with E-state index in [0.29, 0.717) is 17.7 Å². The maximum atomic E-state index is 12.4. The molecule has 0 aliphatic heterocycles. The molecule has 5 nitrogen and oxygen atoms in total. The largest absolute Gasteiger partial charge is 0.398 e. The molecule has 19 heavy (non-hydrogen) atoms. The number of sulfonamides is 1. The molecular formula is C12H19ClN2O3S.